The fourth-order valence-corrected chi connectivity index (χ4v) is 5.78. The van der Waals surface area contributed by atoms with Crippen LogP contribution in [-0.2, 0) is 21.1 Å². The van der Waals surface area contributed by atoms with Gasteiger partial charge in [0.25, 0.3) is 0 Å². The molecule has 0 unspecified atom stereocenters. The van der Waals surface area contributed by atoms with Crippen molar-refractivity contribution in [1.29, 1.82) is 0 Å². The van der Waals surface area contributed by atoms with Crippen molar-refractivity contribution in [3.63, 3.8) is 0 Å². The van der Waals surface area contributed by atoms with Gasteiger partial charge in [-0.05, 0) is 68.5 Å². The van der Waals surface area contributed by atoms with E-state index in [4.69, 9.17) is 0 Å². The van der Waals surface area contributed by atoms with E-state index in [1.165, 1.54) is 39.8 Å². The van der Waals surface area contributed by atoms with Gasteiger partial charge in [-0.1, -0.05) is 37.3 Å². The zero-order valence-corrected chi connectivity index (χ0v) is 18.0. The van der Waals surface area contributed by atoms with Gasteiger partial charge in [0.05, 0.1) is 5.57 Å². The number of carbonyl (C=O) groups is 1. The van der Waals surface area contributed by atoms with Gasteiger partial charge in [-0.3, -0.25) is 4.79 Å². The third-order valence-corrected chi connectivity index (χ3v) is 8.92. The van der Waals surface area contributed by atoms with Crippen LogP contribution >= 0.6 is 0 Å². The molecule has 1 aliphatic rings. The van der Waals surface area contributed by atoms with E-state index in [9.17, 15) is 22.7 Å². The number of hydrogen-bond acceptors (Lipinski definition) is 4. The Morgan fingerprint density at radius 3 is 2.03 bits per heavy atom. The van der Waals surface area contributed by atoms with E-state index >= 15 is 0 Å². The first-order valence-electron chi connectivity index (χ1n) is 9.48. The fraction of sp³-hybridized carbons (Fsp3) is 0.348. The molecule has 0 amide bonds. The normalized spacial score (nSPS) is 20.0. The van der Waals surface area contributed by atoms with Crippen LogP contribution in [0.3, 0.4) is 0 Å². The third kappa shape index (κ3) is 3.01. The minimum atomic E-state index is -3.95. The van der Waals surface area contributed by atoms with Gasteiger partial charge in [0, 0.05) is 0 Å². The highest BCUT2D eigenvalue weighted by Gasteiger charge is 2.58. The van der Waals surface area contributed by atoms with Crippen LogP contribution in [0.2, 0.25) is 0 Å². The maximum absolute atomic E-state index is 13.2. The number of rotatable bonds is 3. The van der Waals surface area contributed by atoms with E-state index in [2.05, 4.69) is 0 Å². The molecule has 1 aliphatic heterocycles. The van der Waals surface area contributed by atoms with Crippen LogP contribution in [0.4, 0.5) is 4.39 Å². The molecule has 0 atom stereocenters. The summed E-state index contributed by atoms with van der Waals surface area (Å²) in [5.74, 6) is -1.36. The number of hydrogen-bond donors (Lipinski definition) is 1. The minimum absolute atomic E-state index is 0.0531. The molecule has 2 aromatic carbocycles. The van der Waals surface area contributed by atoms with Crippen molar-refractivity contribution < 1.29 is 22.7 Å². The Labute approximate surface area is 171 Å². The topological polar surface area (TPSA) is 71.4 Å². The molecule has 0 bridgehead atoms. The van der Waals surface area contributed by atoms with Crippen molar-refractivity contribution in [1.82, 2.24) is 0 Å². The smallest absolute Gasteiger partial charge is 0.187 e. The number of aliphatic hydroxyl groups is 1. The summed E-state index contributed by atoms with van der Waals surface area (Å²) in [6.45, 7) is 7.54. The van der Waals surface area contributed by atoms with Crippen molar-refractivity contribution in [2.45, 2.75) is 50.5 Å². The van der Waals surface area contributed by atoms with Crippen molar-refractivity contribution in [3.05, 3.63) is 65.2 Å². The number of sulfone groups is 1. The van der Waals surface area contributed by atoms with Crippen LogP contribution in [-0.4, -0.2) is 28.8 Å². The number of allylic oxidation sites excluding steroid dienone is 1. The highest BCUT2D eigenvalue weighted by molar-refractivity contribution is 7.95. The number of aliphatic hydroxyl groups excluding tert-OH is 1. The zero-order chi connectivity index (χ0) is 21.8. The summed E-state index contributed by atoms with van der Waals surface area (Å²) < 4.78 is 35.9. The Balaban J connectivity index is 2.24. The van der Waals surface area contributed by atoms with Crippen LogP contribution in [0.15, 0.2) is 48.2 Å². The molecule has 0 spiro atoms. The van der Waals surface area contributed by atoms with E-state index in [-0.39, 0.29) is 11.4 Å². The summed E-state index contributed by atoms with van der Waals surface area (Å²) in [6, 6.07) is 11.5. The number of aryl methyl sites for hydroxylation is 1. The molecule has 2 aromatic rings. The van der Waals surface area contributed by atoms with E-state index in [0.29, 0.717) is 12.0 Å². The number of Topliss-reactive ketones (excluding diaryl/α,β-unsaturated/α-hetero) is 1. The van der Waals surface area contributed by atoms with Gasteiger partial charge < -0.3 is 5.11 Å². The second-order valence-electron chi connectivity index (χ2n) is 8.31. The van der Waals surface area contributed by atoms with Gasteiger partial charge in [0.1, 0.15) is 21.1 Å². The zero-order valence-electron chi connectivity index (χ0n) is 17.2. The second kappa shape index (κ2) is 6.80. The Kier molecular flexibility index (Phi) is 4.98. The number of carbonyl (C=O) groups excluding carboxylic acids is 1. The lowest BCUT2D eigenvalue weighted by atomic mass is 9.85. The largest absolute Gasteiger partial charge is 0.510 e. The fourth-order valence-electron chi connectivity index (χ4n) is 3.80. The van der Waals surface area contributed by atoms with Crippen molar-refractivity contribution in [2.24, 2.45) is 0 Å². The first-order valence-corrected chi connectivity index (χ1v) is 11.0. The molecule has 0 radical (unpaired) electrons. The van der Waals surface area contributed by atoms with Crippen molar-refractivity contribution in [3.8, 4) is 11.1 Å². The van der Waals surface area contributed by atoms with Gasteiger partial charge in [-0.2, -0.15) is 0 Å². The van der Waals surface area contributed by atoms with Crippen LogP contribution in [0, 0.1) is 5.82 Å². The van der Waals surface area contributed by atoms with Gasteiger partial charge in [-0.25, -0.2) is 12.8 Å². The Morgan fingerprint density at radius 1 is 0.931 bits per heavy atom. The van der Waals surface area contributed by atoms with Gasteiger partial charge in [-0.15, -0.1) is 0 Å². The summed E-state index contributed by atoms with van der Waals surface area (Å²) in [7, 11) is -3.95. The molecule has 6 heteroatoms. The van der Waals surface area contributed by atoms with Crippen molar-refractivity contribution >= 4 is 21.2 Å². The minimum Gasteiger partial charge on any atom is -0.510 e. The monoisotopic (exact) mass is 416 g/mol. The van der Waals surface area contributed by atoms with E-state index in [0.717, 1.165) is 16.7 Å². The summed E-state index contributed by atoms with van der Waals surface area (Å²) in [4.78, 5) is 13.2. The molecule has 0 aromatic heterocycles. The van der Waals surface area contributed by atoms with Gasteiger partial charge in [0.15, 0.2) is 15.6 Å². The van der Waals surface area contributed by atoms with Crippen LogP contribution in [0.5, 0.6) is 0 Å². The summed E-state index contributed by atoms with van der Waals surface area (Å²) in [6.07, 6.45) is 0.571. The van der Waals surface area contributed by atoms with Gasteiger partial charge >= 0.3 is 0 Å². The predicted octanol–water partition coefficient (Wildman–Crippen LogP) is 4.88. The predicted molar refractivity (Wildman–Crippen MR) is 113 cm³/mol. The first kappa shape index (κ1) is 21.2. The molecule has 3 rings (SSSR count). The number of benzene rings is 2. The molecule has 0 aliphatic carbocycles. The Bertz CT molecular complexity index is 1120. The molecule has 0 saturated carbocycles. The number of ketones is 1. The lowest BCUT2D eigenvalue weighted by Crippen LogP contribution is -2.55. The van der Waals surface area contributed by atoms with Crippen LogP contribution in [0.1, 0.15) is 45.7 Å². The average molecular weight is 417 g/mol. The molecule has 1 heterocycles. The third-order valence-electron chi connectivity index (χ3n) is 5.86. The van der Waals surface area contributed by atoms with Gasteiger partial charge in [0.2, 0.25) is 0 Å². The molecule has 154 valence electrons. The molecular weight excluding hydrogens is 391 g/mol. The van der Waals surface area contributed by atoms with Crippen LogP contribution in [0.25, 0.3) is 16.7 Å². The quantitative estimate of drug-likeness (QED) is 0.774. The second-order valence-corrected chi connectivity index (χ2v) is 11.4. The lowest BCUT2D eigenvalue weighted by Gasteiger charge is -2.40. The maximum Gasteiger partial charge on any atom is 0.187 e. The summed E-state index contributed by atoms with van der Waals surface area (Å²) in [5, 5.41) is 10.9. The van der Waals surface area contributed by atoms with E-state index < -0.39 is 30.9 Å². The van der Waals surface area contributed by atoms with E-state index in [1.54, 1.807) is 24.3 Å². The summed E-state index contributed by atoms with van der Waals surface area (Å²) in [5.41, 5.74) is 3.05. The first-order chi connectivity index (χ1) is 13.4. The maximum atomic E-state index is 13.2. The molecule has 0 fully saturated rings. The highest BCUT2D eigenvalue weighted by atomic mass is 32.2. The van der Waals surface area contributed by atoms with Crippen molar-refractivity contribution in [2.75, 3.05) is 0 Å². The number of halogens is 1. The average Bonchev–Trinajstić information content (AvgIpc) is 2.67. The Hall–Kier alpha value is -2.47. The standard InChI is InChI=1S/C23H25FO4S/c1-6-14-13-16(15-7-10-17(24)11-8-15)9-12-18(14)19-20(25)22(2,3)29(27,28)23(4,5)21(19)26/h7-13,25H,6H2,1-5H3. The molecular formula is C23H25FO4S. The van der Waals surface area contributed by atoms with Crippen LogP contribution < -0.4 is 0 Å². The van der Waals surface area contributed by atoms with E-state index in [1.807, 2.05) is 13.0 Å². The molecule has 1 N–H and O–H groups in total. The molecule has 29 heavy (non-hydrogen) atoms. The lowest BCUT2D eigenvalue weighted by molar-refractivity contribution is -0.115. The SMILES string of the molecule is CCc1cc(-c2ccc(F)cc2)ccc1C1=C(O)C(C)(C)S(=O)(=O)C(C)(C)C1=O. The highest BCUT2D eigenvalue weighted by Crippen LogP contribution is 2.45. The summed E-state index contributed by atoms with van der Waals surface area (Å²) >= 11 is 0. The molecule has 4 nitrogen and oxygen atoms in total. The Morgan fingerprint density at radius 2 is 1.48 bits per heavy atom. The molecule has 0 saturated heterocycles.